The number of primary amides is 1. The molecule has 2 aromatic rings. The maximum atomic E-state index is 12.3. The van der Waals surface area contributed by atoms with Crippen LogP contribution in [0.4, 0.5) is 5.69 Å². The first-order valence-electron chi connectivity index (χ1n) is 6.38. The summed E-state index contributed by atoms with van der Waals surface area (Å²) in [6.07, 6.45) is 0.665. The van der Waals surface area contributed by atoms with E-state index in [4.69, 9.17) is 17.3 Å². The highest BCUT2D eigenvalue weighted by Crippen LogP contribution is 2.17. The molecule has 0 saturated carbocycles. The SMILES string of the molecule is CCc1cc(C(=O)Nc2ccccc2C(N)=O)cc(Cl)n1. The van der Waals surface area contributed by atoms with Gasteiger partial charge >= 0.3 is 0 Å². The highest BCUT2D eigenvalue weighted by Gasteiger charge is 2.13. The predicted molar refractivity (Wildman–Crippen MR) is 81.5 cm³/mol. The molecular weight excluding hydrogens is 290 g/mol. The van der Waals surface area contributed by atoms with Gasteiger partial charge in [0.2, 0.25) is 0 Å². The van der Waals surface area contributed by atoms with Crippen molar-refractivity contribution in [3.63, 3.8) is 0 Å². The van der Waals surface area contributed by atoms with E-state index >= 15 is 0 Å². The van der Waals surface area contributed by atoms with E-state index in [1.165, 1.54) is 6.07 Å². The van der Waals surface area contributed by atoms with E-state index < -0.39 is 5.91 Å². The van der Waals surface area contributed by atoms with Gasteiger partial charge in [0.15, 0.2) is 0 Å². The topological polar surface area (TPSA) is 85.1 Å². The number of para-hydroxylation sites is 1. The fraction of sp³-hybridized carbons (Fsp3) is 0.133. The van der Waals surface area contributed by atoms with Crippen molar-refractivity contribution in [1.82, 2.24) is 4.98 Å². The molecule has 0 spiro atoms. The lowest BCUT2D eigenvalue weighted by Crippen LogP contribution is -2.18. The second-order valence-corrected chi connectivity index (χ2v) is 4.77. The van der Waals surface area contributed by atoms with Crippen molar-refractivity contribution in [3.05, 3.63) is 58.4 Å². The number of nitrogens with two attached hydrogens (primary N) is 1. The summed E-state index contributed by atoms with van der Waals surface area (Å²) >= 11 is 5.89. The summed E-state index contributed by atoms with van der Waals surface area (Å²) < 4.78 is 0. The zero-order chi connectivity index (χ0) is 15.4. The van der Waals surface area contributed by atoms with Crippen molar-refractivity contribution in [2.24, 2.45) is 5.73 Å². The van der Waals surface area contributed by atoms with Crippen LogP contribution in [0.5, 0.6) is 0 Å². The van der Waals surface area contributed by atoms with Gasteiger partial charge in [0, 0.05) is 11.3 Å². The van der Waals surface area contributed by atoms with E-state index in [1.54, 1.807) is 30.3 Å². The van der Waals surface area contributed by atoms with Crippen LogP contribution in [0.25, 0.3) is 0 Å². The molecule has 1 aromatic carbocycles. The Morgan fingerprint density at radius 2 is 2.00 bits per heavy atom. The number of benzene rings is 1. The van der Waals surface area contributed by atoms with Crippen LogP contribution >= 0.6 is 11.6 Å². The molecule has 1 aromatic heterocycles. The van der Waals surface area contributed by atoms with E-state index in [-0.39, 0.29) is 16.6 Å². The Morgan fingerprint density at radius 1 is 1.29 bits per heavy atom. The first-order chi connectivity index (χ1) is 10.0. The largest absolute Gasteiger partial charge is 0.366 e. The van der Waals surface area contributed by atoms with Crippen LogP contribution in [0, 0.1) is 0 Å². The third kappa shape index (κ3) is 3.58. The Bertz CT molecular complexity index is 701. The van der Waals surface area contributed by atoms with E-state index in [0.717, 1.165) is 5.69 Å². The summed E-state index contributed by atoms with van der Waals surface area (Å²) in [6.45, 7) is 1.92. The average Bonchev–Trinajstić information content (AvgIpc) is 2.46. The summed E-state index contributed by atoms with van der Waals surface area (Å²) in [6, 6.07) is 9.68. The van der Waals surface area contributed by atoms with Gasteiger partial charge in [-0.05, 0) is 30.7 Å². The first-order valence-corrected chi connectivity index (χ1v) is 6.75. The molecule has 6 heteroatoms. The summed E-state index contributed by atoms with van der Waals surface area (Å²) in [5.41, 5.74) is 6.99. The lowest BCUT2D eigenvalue weighted by molar-refractivity contribution is 0.100. The van der Waals surface area contributed by atoms with Crippen molar-refractivity contribution in [2.75, 3.05) is 5.32 Å². The average molecular weight is 304 g/mol. The van der Waals surface area contributed by atoms with Crippen molar-refractivity contribution in [2.45, 2.75) is 13.3 Å². The smallest absolute Gasteiger partial charge is 0.255 e. The number of anilines is 1. The van der Waals surface area contributed by atoms with Gasteiger partial charge in [0.25, 0.3) is 11.8 Å². The molecule has 1 heterocycles. The van der Waals surface area contributed by atoms with Crippen LogP contribution in [0.1, 0.15) is 33.3 Å². The third-order valence-corrected chi connectivity index (χ3v) is 3.11. The van der Waals surface area contributed by atoms with E-state index in [9.17, 15) is 9.59 Å². The minimum atomic E-state index is -0.604. The molecule has 108 valence electrons. The van der Waals surface area contributed by atoms with Crippen LogP contribution in [-0.4, -0.2) is 16.8 Å². The van der Waals surface area contributed by atoms with Gasteiger partial charge < -0.3 is 11.1 Å². The molecular formula is C15H14ClN3O2. The summed E-state index contributed by atoms with van der Waals surface area (Å²) in [5.74, 6) is -0.976. The van der Waals surface area contributed by atoms with Crippen LogP contribution in [0.2, 0.25) is 5.15 Å². The highest BCUT2D eigenvalue weighted by molar-refractivity contribution is 6.29. The van der Waals surface area contributed by atoms with Crippen LogP contribution in [-0.2, 0) is 6.42 Å². The monoisotopic (exact) mass is 303 g/mol. The normalized spacial score (nSPS) is 10.2. The Morgan fingerprint density at radius 3 is 2.67 bits per heavy atom. The minimum absolute atomic E-state index is 0.252. The number of carbonyl (C=O) groups is 2. The Kier molecular flexibility index (Phi) is 4.55. The van der Waals surface area contributed by atoms with E-state index in [2.05, 4.69) is 10.3 Å². The van der Waals surface area contributed by atoms with Gasteiger partial charge in [-0.15, -0.1) is 0 Å². The predicted octanol–water partition coefficient (Wildman–Crippen LogP) is 2.65. The second kappa shape index (κ2) is 6.37. The molecule has 2 amide bonds. The molecule has 0 bridgehead atoms. The number of nitrogens with zero attached hydrogens (tertiary/aromatic N) is 1. The molecule has 21 heavy (non-hydrogen) atoms. The number of hydrogen-bond donors (Lipinski definition) is 2. The Balaban J connectivity index is 2.30. The van der Waals surface area contributed by atoms with Crippen molar-refractivity contribution in [1.29, 1.82) is 0 Å². The minimum Gasteiger partial charge on any atom is -0.366 e. The maximum absolute atomic E-state index is 12.3. The Labute approximate surface area is 127 Å². The number of amides is 2. The van der Waals surface area contributed by atoms with Crippen molar-refractivity contribution >= 4 is 29.1 Å². The number of aromatic nitrogens is 1. The van der Waals surface area contributed by atoms with Gasteiger partial charge in [-0.25, -0.2) is 4.98 Å². The number of aryl methyl sites for hydroxylation is 1. The molecule has 0 aliphatic heterocycles. The molecule has 2 rings (SSSR count). The molecule has 0 fully saturated rings. The molecule has 5 nitrogen and oxygen atoms in total. The lowest BCUT2D eigenvalue weighted by atomic mass is 10.1. The van der Waals surface area contributed by atoms with E-state index in [1.807, 2.05) is 6.92 Å². The number of pyridine rings is 1. The standard InChI is InChI=1S/C15H14ClN3O2/c1-2-10-7-9(8-13(16)18-10)15(21)19-12-6-4-3-5-11(12)14(17)20/h3-8H,2H2,1H3,(H2,17,20)(H,19,21). The molecule has 0 aliphatic rings. The van der Waals surface area contributed by atoms with Crippen LogP contribution in [0.15, 0.2) is 36.4 Å². The van der Waals surface area contributed by atoms with Crippen molar-refractivity contribution in [3.8, 4) is 0 Å². The number of nitrogens with one attached hydrogen (secondary N) is 1. The first kappa shape index (κ1) is 15.0. The van der Waals surface area contributed by atoms with E-state index in [0.29, 0.717) is 17.7 Å². The van der Waals surface area contributed by atoms with Gasteiger partial charge in [-0.1, -0.05) is 30.7 Å². The Hall–Kier alpha value is -2.40. The molecule has 0 saturated heterocycles. The molecule has 0 aliphatic carbocycles. The number of hydrogen-bond acceptors (Lipinski definition) is 3. The highest BCUT2D eigenvalue weighted by atomic mass is 35.5. The fourth-order valence-corrected chi connectivity index (χ4v) is 2.09. The number of halogens is 1. The number of rotatable bonds is 4. The zero-order valence-corrected chi connectivity index (χ0v) is 12.1. The van der Waals surface area contributed by atoms with Crippen LogP contribution < -0.4 is 11.1 Å². The second-order valence-electron chi connectivity index (χ2n) is 4.39. The third-order valence-electron chi connectivity index (χ3n) is 2.91. The van der Waals surface area contributed by atoms with Gasteiger partial charge in [0.05, 0.1) is 11.3 Å². The van der Waals surface area contributed by atoms with Crippen molar-refractivity contribution < 1.29 is 9.59 Å². The van der Waals surface area contributed by atoms with Gasteiger partial charge in [0.1, 0.15) is 5.15 Å². The summed E-state index contributed by atoms with van der Waals surface area (Å²) in [4.78, 5) is 27.7. The van der Waals surface area contributed by atoms with Gasteiger partial charge in [-0.3, -0.25) is 9.59 Å². The maximum Gasteiger partial charge on any atom is 0.255 e. The fourth-order valence-electron chi connectivity index (χ4n) is 1.86. The summed E-state index contributed by atoms with van der Waals surface area (Å²) in [7, 11) is 0. The molecule has 0 unspecified atom stereocenters. The molecule has 0 radical (unpaired) electrons. The molecule has 3 N–H and O–H groups in total. The summed E-state index contributed by atoms with van der Waals surface area (Å²) in [5, 5.41) is 2.91. The van der Waals surface area contributed by atoms with Gasteiger partial charge in [-0.2, -0.15) is 0 Å². The molecule has 0 atom stereocenters. The number of carbonyl (C=O) groups excluding carboxylic acids is 2. The zero-order valence-electron chi connectivity index (χ0n) is 11.4. The quantitative estimate of drug-likeness (QED) is 0.851. The van der Waals surface area contributed by atoms with Crippen LogP contribution in [0.3, 0.4) is 0 Å². The lowest BCUT2D eigenvalue weighted by Gasteiger charge is -2.09.